The molecule has 2 N–H and O–H groups in total. The first-order valence-corrected chi connectivity index (χ1v) is 14.5. The van der Waals surface area contributed by atoms with Gasteiger partial charge in [-0.3, -0.25) is 9.59 Å². The number of carbonyl (C=O) groups excluding carboxylic acids is 3. The standard InChI is InChI=1S/C30H48N4O4/c1-22(35)25(33-27(36)30(5)17-20-34(21-18-30)28(37)38-29(2,3)4)14-10-8-6-7-9-13-24-16-15-23-12-11-19-31-26(23)32-24/h15-16,25H,6-14,17-21H2,1-5H3,(H,31,32)(H,33,36)/t25-/m0/s1. The Morgan fingerprint density at radius 3 is 2.47 bits per heavy atom. The molecule has 1 aromatic heterocycles. The van der Waals surface area contributed by atoms with Crippen molar-refractivity contribution in [3.05, 3.63) is 23.4 Å². The number of carbonyl (C=O) groups is 3. The maximum Gasteiger partial charge on any atom is 0.410 e. The summed E-state index contributed by atoms with van der Waals surface area (Å²) in [6, 6.07) is 3.92. The van der Waals surface area contributed by atoms with E-state index in [2.05, 4.69) is 22.8 Å². The van der Waals surface area contributed by atoms with Gasteiger partial charge in [0.25, 0.3) is 0 Å². The van der Waals surface area contributed by atoms with Crippen molar-refractivity contribution in [1.29, 1.82) is 0 Å². The molecule has 0 unspecified atom stereocenters. The minimum atomic E-state index is -0.591. The van der Waals surface area contributed by atoms with Crippen LogP contribution in [0.3, 0.4) is 0 Å². The number of Topliss-reactive ketones (excluding diaryl/α,β-unsaturated/α-hetero) is 1. The number of piperidine rings is 1. The normalized spacial score (nSPS) is 17.7. The summed E-state index contributed by atoms with van der Waals surface area (Å²) in [7, 11) is 0. The van der Waals surface area contributed by atoms with Crippen LogP contribution in [0.4, 0.5) is 10.6 Å². The number of aryl methyl sites for hydroxylation is 2. The molecule has 8 heteroatoms. The number of fused-ring (bicyclic) bond motifs is 1. The van der Waals surface area contributed by atoms with E-state index >= 15 is 0 Å². The van der Waals surface area contributed by atoms with E-state index in [1.54, 1.807) is 11.8 Å². The van der Waals surface area contributed by atoms with Gasteiger partial charge in [0, 0.05) is 30.7 Å². The fourth-order valence-corrected chi connectivity index (χ4v) is 5.14. The van der Waals surface area contributed by atoms with Gasteiger partial charge in [-0.25, -0.2) is 9.78 Å². The number of nitrogens with one attached hydrogen (secondary N) is 2. The van der Waals surface area contributed by atoms with Crippen LogP contribution in [0, 0.1) is 5.41 Å². The number of likely N-dealkylation sites (tertiary alicyclic amines) is 1. The summed E-state index contributed by atoms with van der Waals surface area (Å²) in [6.07, 6.45) is 10.0. The number of anilines is 1. The topological polar surface area (TPSA) is 101 Å². The molecule has 38 heavy (non-hydrogen) atoms. The van der Waals surface area contributed by atoms with E-state index < -0.39 is 17.1 Å². The lowest BCUT2D eigenvalue weighted by Crippen LogP contribution is -2.52. The van der Waals surface area contributed by atoms with Crippen molar-refractivity contribution in [2.45, 2.75) is 117 Å². The average Bonchev–Trinajstić information content (AvgIpc) is 2.86. The van der Waals surface area contributed by atoms with Gasteiger partial charge in [-0.1, -0.05) is 38.7 Å². The first-order chi connectivity index (χ1) is 18.0. The van der Waals surface area contributed by atoms with Gasteiger partial charge in [0.1, 0.15) is 11.4 Å². The van der Waals surface area contributed by atoms with Crippen LogP contribution in [0.2, 0.25) is 0 Å². The highest BCUT2D eigenvalue weighted by molar-refractivity contribution is 5.90. The first-order valence-electron chi connectivity index (χ1n) is 14.5. The Kier molecular flexibility index (Phi) is 10.6. The molecule has 3 heterocycles. The molecule has 3 rings (SSSR count). The third-order valence-electron chi connectivity index (χ3n) is 7.74. The fourth-order valence-electron chi connectivity index (χ4n) is 5.14. The molecule has 1 atom stereocenters. The van der Waals surface area contributed by atoms with E-state index in [4.69, 9.17) is 9.72 Å². The first kappa shape index (κ1) is 29.9. The number of rotatable bonds is 11. The number of ether oxygens (including phenoxy) is 1. The van der Waals surface area contributed by atoms with Gasteiger partial charge in [0.05, 0.1) is 6.04 Å². The van der Waals surface area contributed by atoms with E-state index in [0.717, 1.165) is 63.0 Å². The second kappa shape index (κ2) is 13.4. The Balaban J connectivity index is 1.34. The summed E-state index contributed by atoms with van der Waals surface area (Å²) in [5, 5.41) is 6.42. The third kappa shape index (κ3) is 8.98. The van der Waals surface area contributed by atoms with Gasteiger partial charge in [0.15, 0.2) is 5.78 Å². The second-order valence-electron chi connectivity index (χ2n) is 12.3. The van der Waals surface area contributed by atoms with Crippen LogP contribution in [0.5, 0.6) is 0 Å². The summed E-state index contributed by atoms with van der Waals surface area (Å²) in [4.78, 5) is 44.2. The number of unbranched alkanes of at least 4 members (excludes halogenated alkanes) is 4. The summed E-state index contributed by atoms with van der Waals surface area (Å²) in [6.45, 7) is 11.0. The zero-order chi connectivity index (χ0) is 27.8. The molecule has 1 saturated heterocycles. The molecule has 2 aliphatic rings. The minimum absolute atomic E-state index is 0.000217. The molecule has 0 radical (unpaired) electrons. The van der Waals surface area contributed by atoms with E-state index in [1.807, 2.05) is 27.7 Å². The Bertz CT molecular complexity index is 963. The second-order valence-corrected chi connectivity index (χ2v) is 12.3. The molecule has 0 saturated carbocycles. The van der Waals surface area contributed by atoms with Gasteiger partial charge in [-0.05, 0) is 84.3 Å². The monoisotopic (exact) mass is 528 g/mol. The summed E-state index contributed by atoms with van der Waals surface area (Å²) >= 11 is 0. The lowest BCUT2D eigenvalue weighted by atomic mass is 9.79. The molecule has 1 aromatic rings. The molecule has 1 fully saturated rings. The SMILES string of the molecule is CC(=O)[C@H](CCCCCCCc1ccc2c(n1)NCCC2)NC(=O)C1(C)CCN(C(=O)OC(C)(C)C)CC1. The largest absolute Gasteiger partial charge is 0.444 e. The van der Waals surface area contributed by atoms with E-state index in [0.29, 0.717) is 32.4 Å². The molecule has 0 bridgehead atoms. The van der Waals surface area contributed by atoms with Crippen LogP contribution in [0.15, 0.2) is 12.1 Å². The quantitative estimate of drug-likeness (QED) is 0.371. The fraction of sp³-hybridized carbons (Fsp3) is 0.733. The highest BCUT2D eigenvalue weighted by Gasteiger charge is 2.40. The van der Waals surface area contributed by atoms with E-state index in [1.165, 1.54) is 12.0 Å². The Labute approximate surface area is 228 Å². The molecule has 0 spiro atoms. The highest BCUT2D eigenvalue weighted by Crippen LogP contribution is 2.32. The van der Waals surface area contributed by atoms with Crippen LogP contribution >= 0.6 is 0 Å². The number of amides is 2. The Hall–Kier alpha value is -2.64. The van der Waals surface area contributed by atoms with Gasteiger partial charge in [0.2, 0.25) is 5.91 Å². The van der Waals surface area contributed by atoms with Gasteiger partial charge >= 0.3 is 6.09 Å². The number of nitrogens with zero attached hydrogens (tertiary/aromatic N) is 2. The highest BCUT2D eigenvalue weighted by atomic mass is 16.6. The molecule has 2 aliphatic heterocycles. The summed E-state index contributed by atoms with van der Waals surface area (Å²) in [5.74, 6) is 0.974. The molecule has 8 nitrogen and oxygen atoms in total. The number of aromatic nitrogens is 1. The van der Waals surface area contributed by atoms with Crippen molar-refractivity contribution in [3.63, 3.8) is 0 Å². The summed E-state index contributed by atoms with van der Waals surface area (Å²) in [5.41, 5.74) is 1.35. The Morgan fingerprint density at radius 1 is 1.11 bits per heavy atom. The molecular weight excluding hydrogens is 480 g/mol. The van der Waals surface area contributed by atoms with Gasteiger partial charge in [-0.15, -0.1) is 0 Å². The van der Waals surface area contributed by atoms with E-state index in [9.17, 15) is 14.4 Å². The van der Waals surface area contributed by atoms with Crippen LogP contribution in [0.25, 0.3) is 0 Å². The van der Waals surface area contributed by atoms with Crippen molar-refractivity contribution < 1.29 is 19.1 Å². The van der Waals surface area contributed by atoms with Gasteiger partial charge in [-0.2, -0.15) is 0 Å². The van der Waals surface area contributed by atoms with Crippen LogP contribution < -0.4 is 10.6 Å². The van der Waals surface area contributed by atoms with Crippen LogP contribution in [0.1, 0.15) is 104 Å². The van der Waals surface area contributed by atoms with Crippen molar-refractivity contribution in [3.8, 4) is 0 Å². The van der Waals surface area contributed by atoms with E-state index in [-0.39, 0.29) is 17.8 Å². The van der Waals surface area contributed by atoms with Crippen LogP contribution in [-0.4, -0.2) is 58.9 Å². The maximum atomic E-state index is 13.1. The zero-order valence-corrected chi connectivity index (χ0v) is 24.2. The average molecular weight is 529 g/mol. The van der Waals surface area contributed by atoms with Crippen molar-refractivity contribution in [1.82, 2.24) is 15.2 Å². The Morgan fingerprint density at radius 2 is 1.79 bits per heavy atom. The van der Waals surface area contributed by atoms with Crippen LogP contribution in [-0.2, 0) is 27.2 Å². The lowest BCUT2D eigenvalue weighted by Gasteiger charge is -2.39. The van der Waals surface area contributed by atoms with Crippen molar-refractivity contribution in [2.75, 3.05) is 25.0 Å². The molecule has 212 valence electrons. The minimum Gasteiger partial charge on any atom is -0.444 e. The molecule has 0 aliphatic carbocycles. The maximum absolute atomic E-state index is 13.1. The third-order valence-corrected chi connectivity index (χ3v) is 7.74. The predicted octanol–water partition coefficient (Wildman–Crippen LogP) is 5.43. The number of hydrogen-bond acceptors (Lipinski definition) is 6. The smallest absolute Gasteiger partial charge is 0.410 e. The number of pyridine rings is 1. The molecule has 2 amide bonds. The van der Waals surface area contributed by atoms with Crippen molar-refractivity contribution >= 4 is 23.6 Å². The lowest BCUT2D eigenvalue weighted by molar-refractivity contribution is -0.136. The molecule has 0 aromatic carbocycles. The number of ketones is 1. The molecular formula is C30H48N4O4. The van der Waals surface area contributed by atoms with Crippen molar-refractivity contribution in [2.24, 2.45) is 5.41 Å². The summed E-state index contributed by atoms with van der Waals surface area (Å²) < 4.78 is 5.46. The van der Waals surface area contributed by atoms with Gasteiger partial charge < -0.3 is 20.3 Å². The zero-order valence-electron chi connectivity index (χ0n) is 24.2. The number of hydrogen-bond donors (Lipinski definition) is 2. The predicted molar refractivity (Wildman–Crippen MR) is 150 cm³/mol.